The van der Waals surface area contributed by atoms with Crippen molar-refractivity contribution in [3.63, 3.8) is 0 Å². The molecule has 2 aromatic carbocycles. The van der Waals surface area contributed by atoms with E-state index in [1.165, 1.54) is 23.9 Å². The minimum absolute atomic E-state index is 0.0262. The van der Waals surface area contributed by atoms with Crippen molar-refractivity contribution < 1.29 is 18.4 Å². The number of carbonyl (C=O) groups is 2. The van der Waals surface area contributed by atoms with Crippen molar-refractivity contribution in [2.24, 2.45) is 0 Å². The van der Waals surface area contributed by atoms with E-state index in [2.05, 4.69) is 10.6 Å². The molecular weight excluding hydrogens is 366 g/mol. The van der Waals surface area contributed by atoms with Crippen LogP contribution < -0.4 is 10.6 Å². The molecule has 130 valence electrons. The van der Waals surface area contributed by atoms with Gasteiger partial charge in [0.25, 0.3) is 5.76 Å². The zero-order valence-electron chi connectivity index (χ0n) is 12.9. The van der Waals surface area contributed by atoms with Gasteiger partial charge in [-0.05, 0) is 36.4 Å². The van der Waals surface area contributed by atoms with E-state index in [1.54, 1.807) is 12.1 Å². The highest BCUT2D eigenvalue weighted by Crippen LogP contribution is 2.36. The van der Waals surface area contributed by atoms with Gasteiger partial charge in [-0.3, -0.25) is 9.59 Å². The van der Waals surface area contributed by atoms with Gasteiger partial charge in [-0.15, -0.1) is 11.8 Å². The van der Waals surface area contributed by atoms with Crippen LogP contribution in [0.25, 0.3) is 0 Å². The maximum absolute atomic E-state index is 12.3. The molecule has 0 bridgehead atoms. The Morgan fingerprint density at radius 1 is 1.20 bits per heavy atom. The number of halogens is 2. The molecule has 0 radical (unpaired) electrons. The lowest BCUT2D eigenvalue weighted by atomic mass is 10.2. The lowest BCUT2D eigenvalue weighted by molar-refractivity contribution is -0.120. The predicted molar refractivity (Wildman–Crippen MR) is 96.3 cm³/mol. The number of hydrogen-bond donors (Lipinski definition) is 2. The van der Waals surface area contributed by atoms with E-state index in [-0.39, 0.29) is 18.2 Å². The minimum atomic E-state index is -2.48. The molecule has 0 saturated heterocycles. The van der Waals surface area contributed by atoms with Crippen molar-refractivity contribution in [3.05, 3.63) is 48.5 Å². The number of carbonyl (C=O) groups excluding carboxylic acids is 2. The van der Waals surface area contributed by atoms with Gasteiger partial charge in [-0.1, -0.05) is 23.9 Å². The van der Waals surface area contributed by atoms with Crippen molar-refractivity contribution >= 4 is 46.7 Å². The molecule has 3 rings (SSSR count). The van der Waals surface area contributed by atoms with Gasteiger partial charge in [0.2, 0.25) is 11.8 Å². The van der Waals surface area contributed by atoms with Gasteiger partial charge in [0.05, 0.1) is 10.9 Å². The third-order valence-electron chi connectivity index (χ3n) is 3.44. The quantitative estimate of drug-likeness (QED) is 0.753. The van der Waals surface area contributed by atoms with E-state index in [0.717, 1.165) is 10.6 Å². The summed E-state index contributed by atoms with van der Waals surface area (Å²) in [6.45, 7) is 0. The van der Waals surface area contributed by atoms with Crippen LogP contribution in [0.2, 0.25) is 0 Å². The maximum Gasteiger partial charge on any atom is 0.288 e. The van der Waals surface area contributed by atoms with Gasteiger partial charge >= 0.3 is 0 Å². The first kappa shape index (κ1) is 17.8. The van der Waals surface area contributed by atoms with E-state index in [9.17, 15) is 18.4 Å². The monoisotopic (exact) mass is 380 g/mol. The molecule has 0 saturated carbocycles. The van der Waals surface area contributed by atoms with Crippen molar-refractivity contribution in [1.29, 1.82) is 0 Å². The first-order chi connectivity index (χ1) is 12.0. The Morgan fingerprint density at radius 3 is 2.64 bits per heavy atom. The van der Waals surface area contributed by atoms with Crippen LogP contribution in [-0.4, -0.2) is 22.8 Å². The van der Waals surface area contributed by atoms with E-state index >= 15 is 0 Å². The molecule has 1 atom stereocenters. The molecule has 0 spiro atoms. The molecule has 8 heteroatoms. The number of hydrogen-bond acceptors (Lipinski definition) is 4. The Kier molecular flexibility index (Phi) is 5.60. The summed E-state index contributed by atoms with van der Waals surface area (Å²) in [5.41, 5.74) is 1.26. The van der Waals surface area contributed by atoms with Gasteiger partial charge in [0.15, 0.2) is 0 Å². The summed E-state index contributed by atoms with van der Waals surface area (Å²) in [5.74, 6) is -2.99. The highest BCUT2D eigenvalue weighted by molar-refractivity contribution is 8.01. The van der Waals surface area contributed by atoms with Gasteiger partial charge in [0, 0.05) is 21.9 Å². The second kappa shape index (κ2) is 7.88. The number of fused-ring (bicyclic) bond motifs is 1. The third-order valence-corrected chi connectivity index (χ3v) is 5.44. The van der Waals surface area contributed by atoms with Gasteiger partial charge in [-0.25, -0.2) is 0 Å². The van der Waals surface area contributed by atoms with Crippen LogP contribution in [0, 0.1) is 0 Å². The Labute approximate surface area is 151 Å². The number of para-hydroxylation sites is 1. The fraction of sp³-hybridized carbons (Fsp3) is 0.176. The molecule has 2 aromatic rings. The minimum Gasteiger partial charge on any atom is -0.326 e. The molecule has 0 fully saturated rings. The molecule has 0 unspecified atom stereocenters. The number of rotatable bonds is 5. The van der Waals surface area contributed by atoms with E-state index < -0.39 is 11.0 Å². The van der Waals surface area contributed by atoms with E-state index in [0.29, 0.717) is 22.3 Å². The van der Waals surface area contributed by atoms with Crippen molar-refractivity contribution in [2.75, 3.05) is 10.6 Å². The fourth-order valence-electron chi connectivity index (χ4n) is 2.33. The van der Waals surface area contributed by atoms with Crippen LogP contribution in [0.5, 0.6) is 0 Å². The average molecular weight is 380 g/mol. The number of thioether (sulfide) groups is 2. The lowest BCUT2D eigenvalue weighted by Crippen LogP contribution is -2.32. The third kappa shape index (κ3) is 4.73. The highest BCUT2D eigenvalue weighted by atomic mass is 32.2. The SMILES string of the molecule is O=C(C[C@@H]1Sc2ccccc2NC1=O)Nc1ccc(SC(F)F)cc1. The van der Waals surface area contributed by atoms with Gasteiger partial charge in [-0.2, -0.15) is 8.78 Å². The summed E-state index contributed by atoms with van der Waals surface area (Å²) < 4.78 is 24.6. The van der Waals surface area contributed by atoms with Crippen LogP contribution in [0.15, 0.2) is 58.3 Å². The van der Waals surface area contributed by atoms with E-state index in [4.69, 9.17) is 0 Å². The van der Waals surface area contributed by atoms with Crippen molar-refractivity contribution in [3.8, 4) is 0 Å². The maximum atomic E-state index is 12.3. The fourth-order valence-corrected chi connectivity index (χ4v) is 3.94. The number of amides is 2. The van der Waals surface area contributed by atoms with Crippen molar-refractivity contribution in [1.82, 2.24) is 0 Å². The number of benzene rings is 2. The summed E-state index contributed by atoms with van der Waals surface area (Å²) in [5, 5.41) is 4.97. The summed E-state index contributed by atoms with van der Waals surface area (Å²) in [6, 6.07) is 13.6. The normalized spacial score (nSPS) is 16.3. The molecule has 25 heavy (non-hydrogen) atoms. The number of alkyl halides is 2. The first-order valence-corrected chi connectivity index (χ1v) is 9.18. The van der Waals surface area contributed by atoms with E-state index in [1.807, 2.05) is 24.3 Å². The lowest BCUT2D eigenvalue weighted by Gasteiger charge is -2.23. The second-order valence-corrected chi connectivity index (χ2v) is 7.56. The zero-order chi connectivity index (χ0) is 17.8. The van der Waals surface area contributed by atoms with Gasteiger partial charge in [0.1, 0.15) is 0 Å². The summed E-state index contributed by atoms with van der Waals surface area (Å²) >= 11 is 1.80. The standard InChI is InChI=1S/C17H14F2N2O2S2/c18-17(19)24-11-7-5-10(6-8-11)20-15(22)9-14-16(23)21-12-3-1-2-4-13(12)25-14/h1-8,14,17H,9H2,(H,20,22)(H,21,23)/t14-/m0/s1. The summed E-state index contributed by atoms with van der Waals surface area (Å²) in [7, 11) is 0. The zero-order valence-corrected chi connectivity index (χ0v) is 14.5. The molecule has 1 aliphatic rings. The van der Waals surface area contributed by atoms with Crippen LogP contribution in [0.4, 0.5) is 20.2 Å². The topological polar surface area (TPSA) is 58.2 Å². The Hall–Kier alpha value is -2.06. The Balaban J connectivity index is 1.58. The molecule has 0 aliphatic carbocycles. The second-order valence-electron chi connectivity index (χ2n) is 5.25. The first-order valence-electron chi connectivity index (χ1n) is 7.42. The number of nitrogens with one attached hydrogen (secondary N) is 2. The highest BCUT2D eigenvalue weighted by Gasteiger charge is 2.28. The van der Waals surface area contributed by atoms with Crippen LogP contribution >= 0.6 is 23.5 Å². The smallest absolute Gasteiger partial charge is 0.288 e. The molecule has 2 N–H and O–H groups in total. The summed E-state index contributed by atoms with van der Waals surface area (Å²) in [4.78, 5) is 25.6. The van der Waals surface area contributed by atoms with Gasteiger partial charge < -0.3 is 10.6 Å². The van der Waals surface area contributed by atoms with Crippen molar-refractivity contribution in [2.45, 2.75) is 27.2 Å². The molecular formula is C17H14F2N2O2S2. The Bertz CT molecular complexity index is 784. The number of anilines is 2. The largest absolute Gasteiger partial charge is 0.326 e. The molecule has 1 heterocycles. The van der Waals surface area contributed by atoms with Crippen LogP contribution in [-0.2, 0) is 9.59 Å². The van der Waals surface area contributed by atoms with Crippen LogP contribution in [0.1, 0.15) is 6.42 Å². The summed E-state index contributed by atoms with van der Waals surface area (Å²) in [6.07, 6.45) is 0.0262. The van der Waals surface area contributed by atoms with Crippen LogP contribution in [0.3, 0.4) is 0 Å². The molecule has 2 amide bonds. The average Bonchev–Trinajstić information content (AvgIpc) is 2.57. The molecule has 0 aromatic heterocycles. The molecule has 4 nitrogen and oxygen atoms in total. The molecule has 1 aliphatic heterocycles. The Morgan fingerprint density at radius 2 is 1.92 bits per heavy atom. The predicted octanol–water partition coefficient (Wildman–Crippen LogP) is 4.44.